The van der Waals surface area contributed by atoms with Gasteiger partial charge in [0, 0.05) is 11.4 Å². The average Bonchev–Trinajstić information content (AvgIpc) is 2.50. The molecule has 0 aliphatic heterocycles. The van der Waals surface area contributed by atoms with Crippen molar-refractivity contribution >= 4 is 11.3 Å². The number of hydrogen-bond acceptors (Lipinski definition) is 4. The van der Waals surface area contributed by atoms with Crippen LogP contribution in [0, 0.1) is 0 Å². The van der Waals surface area contributed by atoms with Crippen LogP contribution in [0.15, 0.2) is 5.38 Å². The van der Waals surface area contributed by atoms with Gasteiger partial charge in [-0.05, 0) is 13.3 Å². The summed E-state index contributed by atoms with van der Waals surface area (Å²) in [6, 6.07) is -0.253. The lowest BCUT2D eigenvalue weighted by molar-refractivity contribution is 0.149. The number of aliphatic hydroxyl groups excluding tert-OH is 1. The zero-order valence-electron chi connectivity index (χ0n) is 7.32. The zero-order chi connectivity index (χ0) is 9.14. The molecule has 68 valence electrons. The molecule has 2 atom stereocenters. The Bertz CT molecular complexity index is 247. The molecule has 0 aliphatic carbocycles. The first-order chi connectivity index (χ1) is 5.65. The molecule has 0 saturated heterocycles. The van der Waals surface area contributed by atoms with Crippen LogP contribution in [0.3, 0.4) is 0 Å². The lowest BCUT2D eigenvalue weighted by Gasteiger charge is -2.10. The summed E-state index contributed by atoms with van der Waals surface area (Å²) in [5.41, 5.74) is 6.23. The molecule has 0 radical (unpaired) electrons. The van der Waals surface area contributed by atoms with Crippen LogP contribution in [0.2, 0.25) is 0 Å². The van der Waals surface area contributed by atoms with Gasteiger partial charge in [0.2, 0.25) is 0 Å². The van der Waals surface area contributed by atoms with Gasteiger partial charge < -0.3 is 10.8 Å². The highest BCUT2D eigenvalue weighted by Gasteiger charge is 2.15. The minimum absolute atomic E-state index is 0.253. The van der Waals surface area contributed by atoms with Gasteiger partial charge in [-0.3, -0.25) is 0 Å². The van der Waals surface area contributed by atoms with Crippen molar-refractivity contribution in [2.45, 2.75) is 32.4 Å². The number of rotatable bonds is 3. The molecular formula is C8H14N2OS. The molecule has 1 aromatic heterocycles. The number of thiazole rings is 1. The standard InChI is InChI=1S/C8H14N2OS/c1-3-7-10-6(4-12-7)8(11)5(2)9/h4-5,8,11H,3,9H2,1-2H3. The van der Waals surface area contributed by atoms with Crippen LogP contribution < -0.4 is 5.73 Å². The summed E-state index contributed by atoms with van der Waals surface area (Å²) in [6.07, 6.45) is 0.289. The van der Waals surface area contributed by atoms with Gasteiger partial charge in [0.25, 0.3) is 0 Å². The van der Waals surface area contributed by atoms with Gasteiger partial charge in [0.1, 0.15) is 6.10 Å². The van der Waals surface area contributed by atoms with E-state index in [0.29, 0.717) is 5.69 Å². The fourth-order valence-corrected chi connectivity index (χ4v) is 1.67. The predicted molar refractivity (Wildman–Crippen MR) is 50.1 cm³/mol. The molecule has 1 heterocycles. The topological polar surface area (TPSA) is 59.1 Å². The lowest BCUT2D eigenvalue weighted by atomic mass is 10.1. The van der Waals surface area contributed by atoms with E-state index in [1.54, 1.807) is 18.3 Å². The van der Waals surface area contributed by atoms with Crippen LogP contribution in [0.5, 0.6) is 0 Å². The molecule has 12 heavy (non-hydrogen) atoms. The van der Waals surface area contributed by atoms with Crippen molar-refractivity contribution in [3.8, 4) is 0 Å². The third-order valence-corrected chi connectivity index (χ3v) is 2.68. The number of nitrogens with two attached hydrogens (primary N) is 1. The highest BCUT2D eigenvalue weighted by atomic mass is 32.1. The number of aryl methyl sites for hydroxylation is 1. The highest BCUT2D eigenvalue weighted by molar-refractivity contribution is 7.09. The molecular weight excluding hydrogens is 172 g/mol. The molecule has 2 unspecified atom stereocenters. The molecule has 0 bridgehead atoms. The third-order valence-electron chi connectivity index (χ3n) is 1.67. The van der Waals surface area contributed by atoms with Gasteiger partial charge in [-0.2, -0.15) is 0 Å². The molecule has 0 aliphatic rings. The maximum absolute atomic E-state index is 9.53. The third kappa shape index (κ3) is 2.03. The Hall–Kier alpha value is -0.450. The first kappa shape index (κ1) is 9.64. The van der Waals surface area contributed by atoms with Gasteiger partial charge in [0.15, 0.2) is 0 Å². The fraction of sp³-hybridized carbons (Fsp3) is 0.625. The first-order valence-electron chi connectivity index (χ1n) is 4.03. The Balaban J connectivity index is 2.74. The van der Waals surface area contributed by atoms with Gasteiger partial charge in [-0.1, -0.05) is 6.92 Å². The summed E-state index contributed by atoms with van der Waals surface area (Å²) >= 11 is 1.57. The Morgan fingerprint density at radius 2 is 2.42 bits per heavy atom. The second kappa shape index (κ2) is 3.98. The second-order valence-corrected chi connectivity index (χ2v) is 3.77. The van der Waals surface area contributed by atoms with Crippen LogP contribution in [0.1, 0.15) is 30.7 Å². The Labute approximate surface area is 76.3 Å². The summed E-state index contributed by atoms with van der Waals surface area (Å²) in [4.78, 5) is 4.24. The van der Waals surface area contributed by atoms with Crippen molar-refractivity contribution in [1.29, 1.82) is 0 Å². The van der Waals surface area contributed by atoms with Crippen molar-refractivity contribution in [1.82, 2.24) is 4.98 Å². The van der Waals surface area contributed by atoms with E-state index >= 15 is 0 Å². The summed E-state index contributed by atoms with van der Waals surface area (Å²) in [7, 11) is 0. The largest absolute Gasteiger partial charge is 0.385 e. The quantitative estimate of drug-likeness (QED) is 0.742. The monoisotopic (exact) mass is 186 g/mol. The van der Waals surface area contributed by atoms with E-state index in [1.807, 2.05) is 12.3 Å². The minimum Gasteiger partial charge on any atom is -0.385 e. The summed E-state index contributed by atoms with van der Waals surface area (Å²) in [5, 5.41) is 12.4. The lowest BCUT2D eigenvalue weighted by Crippen LogP contribution is -2.24. The molecule has 0 spiro atoms. The molecule has 4 heteroatoms. The minimum atomic E-state index is -0.624. The van der Waals surface area contributed by atoms with Crippen molar-refractivity contribution in [2.75, 3.05) is 0 Å². The van der Waals surface area contributed by atoms with Gasteiger partial charge in [-0.15, -0.1) is 11.3 Å². The maximum atomic E-state index is 9.53. The Kier molecular flexibility index (Phi) is 3.20. The van der Waals surface area contributed by atoms with E-state index in [2.05, 4.69) is 4.98 Å². The van der Waals surface area contributed by atoms with Crippen molar-refractivity contribution in [3.63, 3.8) is 0 Å². The molecule has 3 N–H and O–H groups in total. The molecule has 3 nitrogen and oxygen atoms in total. The van der Waals surface area contributed by atoms with Gasteiger partial charge in [0.05, 0.1) is 10.7 Å². The predicted octanol–water partition coefficient (Wildman–Crippen LogP) is 1.09. The number of aliphatic hydroxyl groups is 1. The molecule has 1 aromatic rings. The van der Waals surface area contributed by atoms with Crippen molar-refractivity contribution in [2.24, 2.45) is 5.73 Å². The number of hydrogen-bond donors (Lipinski definition) is 2. The summed E-state index contributed by atoms with van der Waals surface area (Å²) in [6.45, 7) is 3.82. The number of aromatic nitrogens is 1. The van der Waals surface area contributed by atoms with E-state index < -0.39 is 6.10 Å². The Morgan fingerprint density at radius 1 is 1.75 bits per heavy atom. The van der Waals surface area contributed by atoms with Crippen molar-refractivity contribution < 1.29 is 5.11 Å². The van der Waals surface area contributed by atoms with E-state index in [4.69, 9.17) is 5.73 Å². The number of nitrogens with zero attached hydrogens (tertiary/aromatic N) is 1. The highest BCUT2D eigenvalue weighted by Crippen LogP contribution is 2.18. The van der Waals surface area contributed by atoms with Crippen LogP contribution in [-0.4, -0.2) is 16.1 Å². The van der Waals surface area contributed by atoms with Crippen molar-refractivity contribution in [3.05, 3.63) is 16.1 Å². The molecule has 0 amide bonds. The van der Waals surface area contributed by atoms with E-state index in [-0.39, 0.29) is 6.04 Å². The van der Waals surface area contributed by atoms with Gasteiger partial charge >= 0.3 is 0 Å². The van der Waals surface area contributed by atoms with Crippen LogP contribution in [-0.2, 0) is 6.42 Å². The maximum Gasteiger partial charge on any atom is 0.112 e. The fourth-order valence-electron chi connectivity index (χ4n) is 0.893. The van der Waals surface area contributed by atoms with E-state index in [0.717, 1.165) is 11.4 Å². The molecule has 0 saturated carbocycles. The Morgan fingerprint density at radius 3 is 2.83 bits per heavy atom. The van der Waals surface area contributed by atoms with Crippen LogP contribution >= 0.6 is 11.3 Å². The van der Waals surface area contributed by atoms with E-state index in [1.165, 1.54) is 0 Å². The second-order valence-electron chi connectivity index (χ2n) is 2.82. The first-order valence-corrected chi connectivity index (χ1v) is 4.91. The van der Waals surface area contributed by atoms with Gasteiger partial charge in [-0.25, -0.2) is 4.98 Å². The van der Waals surface area contributed by atoms with Crippen LogP contribution in [0.25, 0.3) is 0 Å². The normalized spacial score (nSPS) is 16.0. The average molecular weight is 186 g/mol. The van der Waals surface area contributed by atoms with E-state index in [9.17, 15) is 5.11 Å². The molecule has 1 rings (SSSR count). The SMILES string of the molecule is CCc1nc(C(O)C(C)N)cs1. The van der Waals surface area contributed by atoms with Crippen LogP contribution in [0.4, 0.5) is 0 Å². The summed E-state index contributed by atoms with van der Waals surface area (Å²) in [5.74, 6) is 0. The molecule has 0 fully saturated rings. The zero-order valence-corrected chi connectivity index (χ0v) is 8.14. The molecule has 0 aromatic carbocycles. The smallest absolute Gasteiger partial charge is 0.112 e. The summed E-state index contributed by atoms with van der Waals surface area (Å²) < 4.78 is 0.